The van der Waals surface area contributed by atoms with Crippen LogP contribution in [0.3, 0.4) is 0 Å². The van der Waals surface area contributed by atoms with Crippen LogP contribution in [0.5, 0.6) is 0 Å². The SMILES string of the molecule is CCCCCCCCCCCCCOC(=O)CCCCCN(CCO)CCCCCC(=O)OC(CCCCCCCCCC)CCCCCCCCCCCC. The molecule has 6 heteroatoms. The van der Waals surface area contributed by atoms with Gasteiger partial charge < -0.3 is 19.5 Å². The highest BCUT2D eigenvalue weighted by Gasteiger charge is 2.15. The van der Waals surface area contributed by atoms with Crippen LogP contribution < -0.4 is 0 Å². The summed E-state index contributed by atoms with van der Waals surface area (Å²) < 4.78 is 11.6. The van der Waals surface area contributed by atoms with E-state index in [0.717, 1.165) is 77.3 Å². The number of nitrogens with zero attached hydrogens (tertiary/aromatic N) is 1. The number of rotatable bonds is 47. The van der Waals surface area contributed by atoms with Crippen molar-refractivity contribution in [2.24, 2.45) is 0 Å². The Labute approximate surface area is 350 Å². The molecule has 56 heavy (non-hydrogen) atoms. The van der Waals surface area contributed by atoms with Gasteiger partial charge in [0.05, 0.1) is 13.2 Å². The fraction of sp³-hybridized carbons (Fsp3) is 0.960. The van der Waals surface area contributed by atoms with Gasteiger partial charge >= 0.3 is 11.9 Å². The predicted molar refractivity (Wildman–Crippen MR) is 241 cm³/mol. The van der Waals surface area contributed by atoms with Gasteiger partial charge in [0.1, 0.15) is 6.10 Å². The number of hydrogen-bond donors (Lipinski definition) is 1. The van der Waals surface area contributed by atoms with Crippen LogP contribution >= 0.6 is 0 Å². The Bertz CT molecular complexity index is 791. The van der Waals surface area contributed by atoms with Gasteiger partial charge in [-0.15, -0.1) is 0 Å². The molecule has 0 bridgehead atoms. The van der Waals surface area contributed by atoms with E-state index in [-0.39, 0.29) is 24.6 Å². The van der Waals surface area contributed by atoms with Crippen molar-refractivity contribution in [1.29, 1.82) is 0 Å². The zero-order valence-corrected chi connectivity index (χ0v) is 38.2. The van der Waals surface area contributed by atoms with E-state index in [1.165, 1.54) is 173 Å². The quantitative estimate of drug-likeness (QED) is 0.0488. The number of aliphatic hydroxyl groups is 1. The average molecular weight is 794 g/mol. The van der Waals surface area contributed by atoms with Crippen molar-refractivity contribution >= 4 is 11.9 Å². The zero-order valence-electron chi connectivity index (χ0n) is 38.2. The summed E-state index contributed by atoms with van der Waals surface area (Å²) in [7, 11) is 0. The lowest BCUT2D eigenvalue weighted by molar-refractivity contribution is -0.150. The molecule has 0 rings (SSSR count). The molecule has 0 heterocycles. The van der Waals surface area contributed by atoms with Gasteiger partial charge in [0.15, 0.2) is 0 Å². The lowest BCUT2D eigenvalue weighted by Crippen LogP contribution is -2.29. The second-order valence-corrected chi connectivity index (χ2v) is 17.3. The van der Waals surface area contributed by atoms with Gasteiger partial charge in [0.2, 0.25) is 0 Å². The maximum absolute atomic E-state index is 12.9. The Morgan fingerprint density at radius 1 is 0.411 bits per heavy atom. The molecule has 6 nitrogen and oxygen atoms in total. The fourth-order valence-electron chi connectivity index (χ4n) is 7.94. The molecule has 0 radical (unpaired) electrons. The zero-order chi connectivity index (χ0) is 40.8. The van der Waals surface area contributed by atoms with Crippen molar-refractivity contribution < 1.29 is 24.2 Å². The summed E-state index contributed by atoms with van der Waals surface area (Å²) in [6, 6.07) is 0. The molecule has 1 atom stereocenters. The van der Waals surface area contributed by atoms with Crippen LogP contribution in [0.15, 0.2) is 0 Å². The van der Waals surface area contributed by atoms with Gasteiger partial charge in [-0.05, 0) is 70.9 Å². The molecule has 0 aliphatic carbocycles. The summed E-state index contributed by atoms with van der Waals surface area (Å²) in [5.74, 6) is -0.0627. The first kappa shape index (κ1) is 54.9. The van der Waals surface area contributed by atoms with Gasteiger partial charge in [0.25, 0.3) is 0 Å². The molecule has 0 aliphatic heterocycles. The minimum absolute atomic E-state index is 0.00816. The van der Waals surface area contributed by atoms with Crippen LogP contribution in [0.4, 0.5) is 0 Å². The lowest BCUT2D eigenvalue weighted by Gasteiger charge is -2.21. The molecule has 0 aromatic rings. The minimum Gasteiger partial charge on any atom is -0.466 e. The molecule has 1 N–H and O–H groups in total. The molecule has 0 aliphatic rings. The van der Waals surface area contributed by atoms with Crippen LogP contribution in [0.25, 0.3) is 0 Å². The Hall–Kier alpha value is -1.14. The summed E-state index contributed by atoms with van der Waals surface area (Å²) in [5.41, 5.74) is 0. The largest absolute Gasteiger partial charge is 0.466 e. The highest BCUT2D eigenvalue weighted by Crippen LogP contribution is 2.19. The molecular weight excluding hydrogens is 695 g/mol. The van der Waals surface area contributed by atoms with E-state index in [1.807, 2.05) is 0 Å². The smallest absolute Gasteiger partial charge is 0.306 e. The maximum atomic E-state index is 12.9. The molecular formula is C50H99NO5. The molecule has 0 saturated heterocycles. The third-order valence-electron chi connectivity index (χ3n) is 11.7. The minimum atomic E-state index is -0.0545. The Morgan fingerprint density at radius 2 is 0.750 bits per heavy atom. The van der Waals surface area contributed by atoms with E-state index < -0.39 is 0 Å². The molecule has 0 fully saturated rings. The van der Waals surface area contributed by atoms with Crippen molar-refractivity contribution in [3.05, 3.63) is 0 Å². The second-order valence-electron chi connectivity index (χ2n) is 17.3. The summed E-state index contributed by atoms with van der Waals surface area (Å²) in [6.45, 7) is 10.1. The topological polar surface area (TPSA) is 76.1 Å². The normalized spacial score (nSPS) is 12.1. The lowest BCUT2D eigenvalue weighted by atomic mass is 10.0. The monoisotopic (exact) mass is 794 g/mol. The van der Waals surface area contributed by atoms with Crippen LogP contribution in [0.2, 0.25) is 0 Å². The summed E-state index contributed by atoms with van der Waals surface area (Å²) in [5, 5.41) is 9.60. The van der Waals surface area contributed by atoms with Crippen molar-refractivity contribution in [3.8, 4) is 0 Å². The summed E-state index contributed by atoms with van der Waals surface area (Å²) >= 11 is 0. The molecule has 0 saturated carbocycles. The molecule has 1 unspecified atom stereocenters. The third-order valence-corrected chi connectivity index (χ3v) is 11.7. The number of carbonyl (C=O) groups excluding carboxylic acids is 2. The van der Waals surface area contributed by atoms with E-state index in [1.54, 1.807) is 0 Å². The first-order chi connectivity index (χ1) is 27.6. The van der Waals surface area contributed by atoms with Crippen LogP contribution in [-0.4, -0.2) is 60.9 Å². The van der Waals surface area contributed by atoms with Crippen molar-refractivity contribution in [1.82, 2.24) is 4.90 Å². The first-order valence-corrected chi connectivity index (χ1v) is 25.3. The van der Waals surface area contributed by atoms with E-state index >= 15 is 0 Å². The van der Waals surface area contributed by atoms with Gasteiger partial charge in [-0.3, -0.25) is 9.59 Å². The number of esters is 2. The first-order valence-electron chi connectivity index (χ1n) is 25.3. The number of carbonyl (C=O) groups is 2. The third kappa shape index (κ3) is 42.5. The van der Waals surface area contributed by atoms with Crippen LogP contribution in [0, 0.1) is 0 Å². The Balaban J connectivity index is 4.12. The average Bonchev–Trinajstić information content (AvgIpc) is 3.19. The summed E-state index contributed by atoms with van der Waals surface area (Å²) in [6.07, 6.45) is 47.1. The Kier molecular flexibility index (Phi) is 45.6. The second kappa shape index (κ2) is 46.5. The van der Waals surface area contributed by atoms with Crippen LogP contribution in [0.1, 0.15) is 271 Å². The maximum Gasteiger partial charge on any atom is 0.306 e. The predicted octanol–water partition coefficient (Wildman–Crippen LogP) is 15.0. The van der Waals surface area contributed by atoms with E-state index in [2.05, 4.69) is 25.7 Å². The van der Waals surface area contributed by atoms with Gasteiger partial charge in [-0.25, -0.2) is 0 Å². The van der Waals surface area contributed by atoms with Gasteiger partial charge in [-0.2, -0.15) is 0 Å². The number of aliphatic hydroxyl groups excluding tert-OH is 1. The van der Waals surface area contributed by atoms with E-state index in [9.17, 15) is 14.7 Å². The van der Waals surface area contributed by atoms with Crippen molar-refractivity contribution in [2.75, 3.05) is 32.8 Å². The van der Waals surface area contributed by atoms with E-state index in [0.29, 0.717) is 26.0 Å². The van der Waals surface area contributed by atoms with Crippen LogP contribution in [-0.2, 0) is 19.1 Å². The summed E-state index contributed by atoms with van der Waals surface area (Å²) in [4.78, 5) is 27.4. The Morgan fingerprint density at radius 3 is 1.14 bits per heavy atom. The highest BCUT2D eigenvalue weighted by atomic mass is 16.5. The van der Waals surface area contributed by atoms with Gasteiger partial charge in [0, 0.05) is 19.4 Å². The van der Waals surface area contributed by atoms with Crippen molar-refractivity contribution in [3.63, 3.8) is 0 Å². The molecule has 0 aromatic heterocycles. The van der Waals surface area contributed by atoms with Crippen molar-refractivity contribution in [2.45, 2.75) is 277 Å². The molecule has 0 amide bonds. The highest BCUT2D eigenvalue weighted by molar-refractivity contribution is 5.69. The molecule has 0 aromatic carbocycles. The number of unbranched alkanes of at least 4 members (excludes halogenated alkanes) is 30. The number of hydrogen-bond acceptors (Lipinski definition) is 6. The van der Waals surface area contributed by atoms with E-state index in [4.69, 9.17) is 9.47 Å². The molecule has 334 valence electrons. The molecule has 0 spiro atoms. The standard InChI is InChI=1S/C50H99NO5/c1-4-7-10-13-16-19-21-23-26-29-38-47-55-49(53)41-34-30-36-43-51(45-46-52)44-37-31-35-42-50(54)56-48(39-32-27-24-18-15-12-9-6-3)40-33-28-25-22-20-17-14-11-8-5-2/h48,52H,4-47H2,1-3H3. The fourth-order valence-corrected chi connectivity index (χ4v) is 7.94. The number of ether oxygens (including phenoxy) is 2. The van der Waals surface area contributed by atoms with Gasteiger partial charge in [-0.1, -0.05) is 201 Å².